The minimum atomic E-state index is -0.731. The number of hydrogen-bond donors (Lipinski definition) is 0. The van der Waals surface area contributed by atoms with Gasteiger partial charge in [0, 0.05) is 0 Å². The third-order valence-electron chi connectivity index (χ3n) is 6.79. The molecule has 24 heavy (non-hydrogen) atoms. The van der Waals surface area contributed by atoms with E-state index in [1.165, 1.54) is 69.9 Å². The van der Waals surface area contributed by atoms with Crippen LogP contribution in [0.1, 0.15) is 89.0 Å². The smallest absolute Gasteiger partial charge is 0.159 e. The molecule has 2 heteroatoms. The average molecular weight is 334 g/mol. The van der Waals surface area contributed by atoms with E-state index in [0.29, 0.717) is 5.92 Å². The lowest BCUT2D eigenvalue weighted by Crippen LogP contribution is -2.17. The fourth-order valence-corrected chi connectivity index (χ4v) is 4.95. The second-order valence-corrected chi connectivity index (χ2v) is 8.26. The van der Waals surface area contributed by atoms with Crippen molar-refractivity contribution in [3.63, 3.8) is 0 Å². The highest BCUT2D eigenvalue weighted by molar-refractivity contribution is 5.22. The monoisotopic (exact) mass is 334 g/mol. The summed E-state index contributed by atoms with van der Waals surface area (Å²) in [7, 11) is 0. The first-order valence-corrected chi connectivity index (χ1v) is 10.1. The standard InChI is InChI=1S/C22H32F2/c1-2-16-3-5-17(6-4-16)7-8-18-9-11-19(12-10-18)20-13-14-21(23)22(24)15-20/h13-19H,2-12H2,1H3. The minimum absolute atomic E-state index is 0.427. The molecule has 3 rings (SSSR count). The second-order valence-electron chi connectivity index (χ2n) is 8.26. The molecule has 0 spiro atoms. The summed E-state index contributed by atoms with van der Waals surface area (Å²) in [5.41, 5.74) is 0.991. The Morgan fingerprint density at radius 3 is 1.83 bits per heavy atom. The first-order chi connectivity index (χ1) is 11.7. The van der Waals surface area contributed by atoms with Gasteiger partial charge in [0.15, 0.2) is 11.6 Å². The minimum Gasteiger partial charge on any atom is -0.204 e. The lowest BCUT2D eigenvalue weighted by Gasteiger charge is -2.32. The van der Waals surface area contributed by atoms with Gasteiger partial charge in [0.1, 0.15) is 0 Å². The summed E-state index contributed by atoms with van der Waals surface area (Å²) < 4.78 is 26.5. The van der Waals surface area contributed by atoms with Gasteiger partial charge in [-0.25, -0.2) is 8.78 Å². The summed E-state index contributed by atoms with van der Waals surface area (Å²) in [5.74, 6) is 1.82. The Kier molecular flexibility index (Phi) is 6.30. The van der Waals surface area contributed by atoms with Crippen LogP contribution in [0.3, 0.4) is 0 Å². The normalized spacial score (nSPS) is 31.1. The average Bonchev–Trinajstić information content (AvgIpc) is 2.63. The van der Waals surface area contributed by atoms with E-state index in [1.807, 2.05) is 0 Å². The maximum atomic E-state index is 13.4. The van der Waals surface area contributed by atoms with Crippen molar-refractivity contribution in [1.29, 1.82) is 0 Å². The van der Waals surface area contributed by atoms with Crippen LogP contribution in [0.5, 0.6) is 0 Å². The number of rotatable bonds is 5. The highest BCUT2D eigenvalue weighted by Gasteiger charge is 2.25. The van der Waals surface area contributed by atoms with Crippen molar-refractivity contribution in [3.05, 3.63) is 35.4 Å². The number of hydrogen-bond acceptors (Lipinski definition) is 0. The van der Waals surface area contributed by atoms with E-state index in [-0.39, 0.29) is 0 Å². The molecule has 1 aromatic carbocycles. The van der Waals surface area contributed by atoms with Gasteiger partial charge in [-0.3, -0.25) is 0 Å². The highest BCUT2D eigenvalue weighted by atomic mass is 19.2. The van der Waals surface area contributed by atoms with Gasteiger partial charge < -0.3 is 0 Å². The summed E-state index contributed by atoms with van der Waals surface area (Å²) >= 11 is 0. The Balaban J connectivity index is 1.40. The molecule has 0 radical (unpaired) electrons. The van der Waals surface area contributed by atoms with E-state index in [4.69, 9.17) is 0 Å². The summed E-state index contributed by atoms with van der Waals surface area (Å²) in [6.07, 6.45) is 14.7. The van der Waals surface area contributed by atoms with Crippen LogP contribution < -0.4 is 0 Å². The Morgan fingerprint density at radius 2 is 1.29 bits per heavy atom. The van der Waals surface area contributed by atoms with Crippen molar-refractivity contribution in [2.45, 2.75) is 83.5 Å². The molecule has 0 N–H and O–H groups in total. The van der Waals surface area contributed by atoms with Gasteiger partial charge >= 0.3 is 0 Å². The predicted octanol–water partition coefficient (Wildman–Crippen LogP) is 7.24. The molecule has 2 aliphatic carbocycles. The topological polar surface area (TPSA) is 0 Å². The summed E-state index contributed by atoms with van der Waals surface area (Å²) in [6, 6.07) is 4.46. The summed E-state index contributed by atoms with van der Waals surface area (Å²) in [5, 5.41) is 0. The van der Waals surface area contributed by atoms with Crippen molar-refractivity contribution in [2.75, 3.05) is 0 Å². The first kappa shape index (κ1) is 17.9. The van der Waals surface area contributed by atoms with E-state index >= 15 is 0 Å². The third-order valence-corrected chi connectivity index (χ3v) is 6.79. The zero-order valence-electron chi connectivity index (χ0n) is 15.1. The molecule has 0 heterocycles. The van der Waals surface area contributed by atoms with Crippen LogP contribution >= 0.6 is 0 Å². The SMILES string of the molecule is CCC1CCC(CCC2CCC(c3ccc(F)c(F)c3)CC2)CC1. The van der Waals surface area contributed by atoms with Crippen LogP contribution in [0.25, 0.3) is 0 Å². The van der Waals surface area contributed by atoms with E-state index in [0.717, 1.165) is 36.2 Å². The third kappa shape index (κ3) is 4.58. The van der Waals surface area contributed by atoms with Gasteiger partial charge in [0.05, 0.1) is 0 Å². The van der Waals surface area contributed by atoms with Gasteiger partial charge in [0.2, 0.25) is 0 Å². The molecule has 0 atom stereocenters. The van der Waals surface area contributed by atoms with Crippen molar-refractivity contribution in [1.82, 2.24) is 0 Å². The molecule has 0 aliphatic heterocycles. The summed E-state index contributed by atoms with van der Waals surface area (Å²) in [6.45, 7) is 2.33. The molecule has 2 fully saturated rings. The molecule has 0 nitrogen and oxygen atoms in total. The van der Waals surface area contributed by atoms with E-state index in [9.17, 15) is 8.78 Å². The molecule has 0 bridgehead atoms. The first-order valence-electron chi connectivity index (χ1n) is 10.1. The van der Waals surface area contributed by atoms with E-state index < -0.39 is 11.6 Å². The van der Waals surface area contributed by atoms with E-state index in [2.05, 4.69) is 6.92 Å². The van der Waals surface area contributed by atoms with Crippen molar-refractivity contribution >= 4 is 0 Å². The largest absolute Gasteiger partial charge is 0.204 e. The van der Waals surface area contributed by atoms with E-state index in [1.54, 1.807) is 6.07 Å². The van der Waals surface area contributed by atoms with Crippen LogP contribution in [-0.4, -0.2) is 0 Å². The maximum Gasteiger partial charge on any atom is 0.159 e. The number of benzene rings is 1. The molecule has 0 amide bonds. The van der Waals surface area contributed by atoms with Crippen LogP contribution in [0, 0.1) is 29.4 Å². The van der Waals surface area contributed by atoms with Crippen LogP contribution in [0.15, 0.2) is 18.2 Å². The maximum absolute atomic E-state index is 13.4. The molecule has 2 saturated carbocycles. The van der Waals surface area contributed by atoms with Gasteiger partial charge in [0.25, 0.3) is 0 Å². The fraction of sp³-hybridized carbons (Fsp3) is 0.727. The number of halogens is 2. The van der Waals surface area contributed by atoms with Crippen molar-refractivity contribution in [3.8, 4) is 0 Å². The highest BCUT2D eigenvalue weighted by Crippen LogP contribution is 2.40. The van der Waals surface area contributed by atoms with Crippen LogP contribution in [0.2, 0.25) is 0 Å². The molecule has 0 unspecified atom stereocenters. The predicted molar refractivity (Wildman–Crippen MR) is 96.0 cm³/mol. The molecule has 2 aliphatic rings. The second kappa shape index (κ2) is 8.45. The molecular formula is C22H32F2. The van der Waals surface area contributed by atoms with Gasteiger partial charge in [-0.2, -0.15) is 0 Å². The molecular weight excluding hydrogens is 302 g/mol. The van der Waals surface area contributed by atoms with Gasteiger partial charge in [-0.05, 0) is 67.1 Å². The fourth-order valence-electron chi connectivity index (χ4n) is 4.95. The molecule has 0 saturated heterocycles. The Labute approximate surface area is 146 Å². The molecule has 1 aromatic rings. The summed E-state index contributed by atoms with van der Waals surface area (Å²) in [4.78, 5) is 0. The van der Waals surface area contributed by atoms with Gasteiger partial charge in [-0.1, -0.05) is 57.9 Å². The van der Waals surface area contributed by atoms with Crippen molar-refractivity contribution < 1.29 is 8.78 Å². The Morgan fingerprint density at radius 1 is 0.750 bits per heavy atom. The lowest BCUT2D eigenvalue weighted by molar-refractivity contribution is 0.227. The zero-order chi connectivity index (χ0) is 16.9. The molecule has 134 valence electrons. The van der Waals surface area contributed by atoms with Crippen molar-refractivity contribution in [2.24, 2.45) is 17.8 Å². The lowest BCUT2D eigenvalue weighted by atomic mass is 9.74. The molecule has 0 aromatic heterocycles. The Hall–Kier alpha value is -0.920. The zero-order valence-corrected chi connectivity index (χ0v) is 15.1. The quantitative estimate of drug-likeness (QED) is 0.532. The van der Waals surface area contributed by atoms with Crippen LogP contribution in [0.4, 0.5) is 8.78 Å². The Bertz CT molecular complexity index is 509. The van der Waals surface area contributed by atoms with Gasteiger partial charge in [-0.15, -0.1) is 0 Å². The van der Waals surface area contributed by atoms with Crippen LogP contribution in [-0.2, 0) is 0 Å².